The third-order valence-electron chi connectivity index (χ3n) is 5.34. The maximum atomic E-state index is 13.5. The summed E-state index contributed by atoms with van der Waals surface area (Å²) < 4.78 is 5.98. The Morgan fingerprint density at radius 2 is 1.94 bits per heavy atom. The van der Waals surface area contributed by atoms with Crippen LogP contribution in [0.1, 0.15) is 26.7 Å². The van der Waals surface area contributed by atoms with Crippen molar-refractivity contribution in [2.45, 2.75) is 38.8 Å². The van der Waals surface area contributed by atoms with Gasteiger partial charge < -0.3 is 10.1 Å². The topological polar surface area (TPSA) is 120 Å². The second kappa shape index (κ2) is 10.2. The Balaban J connectivity index is 1.99. The molecule has 1 N–H and O–H groups in total. The van der Waals surface area contributed by atoms with E-state index in [-0.39, 0.29) is 42.7 Å². The molecule has 9 heteroatoms. The van der Waals surface area contributed by atoms with Crippen LogP contribution in [-0.4, -0.2) is 46.1 Å². The first-order valence-electron chi connectivity index (χ1n) is 10.5. The molecule has 1 aliphatic heterocycles. The minimum absolute atomic E-state index is 0.0199. The molecule has 33 heavy (non-hydrogen) atoms. The summed E-state index contributed by atoms with van der Waals surface area (Å²) in [6.07, 6.45) is 6.60. The lowest BCUT2D eigenvalue weighted by Crippen LogP contribution is -2.41. The van der Waals surface area contributed by atoms with Gasteiger partial charge in [0.15, 0.2) is 5.78 Å². The number of aliphatic imine (C=N–C) groups is 1. The molecule has 1 amide bonds. The molecule has 0 spiro atoms. The second-order valence-electron chi connectivity index (χ2n) is 8.01. The van der Waals surface area contributed by atoms with Gasteiger partial charge in [-0.2, -0.15) is 0 Å². The van der Waals surface area contributed by atoms with E-state index in [1.165, 1.54) is 31.0 Å². The molecular formula is C24H26N4O5. The second-order valence-corrected chi connectivity index (χ2v) is 8.01. The van der Waals surface area contributed by atoms with Crippen LogP contribution in [0.15, 0.2) is 58.5 Å². The maximum absolute atomic E-state index is 13.5. The van der Waals surface area contributed by atoms with Crippen molar-refractivity contribution in [3.8, 4) is 11.4 Å². The molecule has 0 saturated carbocycles. The van der Waals surface area contributed by atoms with Crippen LogP contribution < -0.4 is 10.9 Å². The summed E-state index contributed by atoms with van der Waals surface area (Å²) in [6, 6.07) is 8.99. The number of nitrogens with one attached hydrogen (secondary N) is 1. The zero-order chi connectivity index (χ0) is 24.0. The number of rotatable bonds is 9. The van der Waals surface area contributed by atoms with Crippen LogP contribution in [0.5, 0.6) is 0 Å². The van der Waals surface area contributed by atoms with E-state index in [4.69, 9.17) is 4.74 Å². The van der Waals surface area contributed by atoms with Crippen molar-refractivity contribution in [2.24, 2.45) is 10.9 Å². The third-order valence-corrected chi connectivity index (χ3v) is 5.34. The van der Waals surface area contributed by atoms with Gasteiger partial charge in [0.05, 0.1) is 19.9 Å². The number of carbonyl (C=O) groups is 3. The fourth-order valence-electron chi connectivity index (χ4n) is 3.80. The largest absolute Gasteiger partial charge is 0.469 e. The minimum Gasteiger partial charge on any atom is -0.469 e. The van der Waals surface area contributed by atoms with Gasteiger partial charge in [-0.25, -0.2) is 4.98 Å². The maximum Gasteiger partial charge on any atom is 0.305 e. The Kier molecular flexibility index (Phi) is 7.32. The number of methoxy groups -OCH3 is 1. The van der Waals surface area contributed by atoms with E-state index >= 15 is 0 Å². The number of allylic oxidation sites excluding steroid dienone is 1. The molecule has 1 aromatic carbocycles. The molecule has 2 atom stereocenters. The van der Waals surface area contributed by atoms with Gasteiger partial charge in [-0.3, -0.25) is 28.7 Å². The monoisotopic (exact) mass is 450 g/mol. The number of nitrogens with zero attached hydrogens (tertiary/aromatic N) is 3. The molecule has 0 saturated heterocycles. The van der Waals surface area contributed by atoms with Crippen molar-refractivity contribution in [1.29, 1.82) is 0 Å². The van der Waals surface area contributed by atoms with Crippen LogP contribution in [0.2, 0.25) is 0 Å². The van der Waals surface area contributed by atoms with Gasteiger partial charge in [-0.05, 0) is 24.5 Å². The summed E-state index contributed by atoms with van der Waals surface area (Å²) in [5.74, 6) is -1.01. The van der Waals surface area contributed by atoms with E-state index in [1.54, 1.807) is 36.4 Å². The minimum atomic E-state index is -1.20. The Bertz CT molecular complexity index is 1160. The standard InChI is InChI=1S/C24H26N4O5/c1-16(12-21(31)33-3)13-24(10-7-11-26-24)20(30)15-28-22(18-8-5-4-6-9-18)25-14-19(23(28)32)27-17(2)29/h4-11,14,16H,12-13,15H2,1-3H3,(H,27,29). The normalized spacial score (nSPS) is 17.5. The molecule has 1 aromatic heterocycles. The van der Waals surface area contributed by atoms with E-state index < -0.39 is 17.0 Å². The van der Waals surface area contributed by atoms with E-state index in [0.717, 1.165) is 0 Å². The molecule has 2 heterocycles. The molecule has 172 valence electrons. The number of ether oxygens (including phenoxy) is 1. The highest BCUT2D eigenvalue weighted by molar-refractivity contribution is 5.96. The molecule has 0 aliphatic carbocycles. The number of ketones is 1. The van der Waals surface area contributed by atoms with E-state index in [1.807, 2.05) is 13.0 Å². The van der Waals surface area contributed by atoms with Gasteiger partial charge >= 0.3 is 5.97 Å². The molecular weight excluding hydrogens is 424 g/mol. The molecule has 0 fully saturated rings. The predicted molar refractivity (Wildman–Crippen MR) is 124 cm³/mol. The molecule has 9 nitrogen and oxygen atoms in total. The van der Waals surface area contributed by atoms with Gasteiger partial charge in [-0.1, -0.05) is 37.3 Å². The number of amides is 1. The van der Waals surface area contributed by atoms with Crippen molar-refractivity contribution < 1.29 is 19.1 Å². The number of esters is 1. The number of anilines is 1. The number of benzene rings is 1. The summed E-state index contributed by atoms with van der Waals surface area (Å²) >= 11 is 0. The van der Waals surface area contributed by atoms with Crippen LogP contribution in [0.25, 0.3) is 11.4 Å². The predicted octanol–water partition coefficient (Wildman–Crippen LogP) is 2.41. The summed E-state index contributed by atoms with van der Waals surface area (Å²) in [5, 5.41) is 2.46. The van der Waals surface area contributed by atoms with Gasteiger partial charge in [0.25, 0.3) is 5.56 Å². The van der Waals surface area contributed by atoms with Crippen molar-refractivity contribution in [3.05, 3.63) is 59.0 Å². The highest BCUT2D eigenvalue weighted by atomic mass is 16.5. The zero-order valence-corrected chi connectivity index (χ0v) is 18.8. The first kappa shape index (κ1) is 23.8. The van der Waals surface area contributed by atoms with E-state index in [9.17, 15) is 19.2 Å². The van der Waals surface area contributed by atoms with Crippen molar-refractivity contribution in [1.82, 2.24) is 9.55 Å². The lowest BCUT2D eigenvalue weighted by atomic mass is 9.84. The zero-order valence-electron chi connectivity index (χ0n) is 18.8. The summed E-state index contributed by atoms with van der Waals surface area (Å²) in [6.45, 7) is 2.82. The van der Waals surface area contributed by atoms with Crippen molar-refractivity contribution in [2.75, 3.05) is 12.4 Å². The summed E-state index contributed by atoms with van der Waals surface area (Å²) in [5.41, 5.74) is -1.12. The van der Waals surface area contributed by atoms with Crippen LogP contribution in [-0.2, 0) is 25.7 Å². The smallest absolute Gasteiger partial charge is 0.305 e. The molecule has 0 radical (unpaired) electrons. The fraction of sp³-hybridized carbons (Fsp3) is 0.333. The molecule has 2 aromatic rings. The summed E-state index contributed by atoms with van der Waals surface area (Å²) in [4.78, 5) is 58.7. The SMILES string of the molecule is COC(=O)CC(C)CC1(C(=O)Cn2c(-c3ccccc3)ncc(NC(C)=O)c2=O)C=CC=N1. The fourth-order valence-corrected chi connectivity index (χ4v) is 3.80. The Morgan fingerprint density at radius 3 is 2.55 bits per heavy atom. The molecule has 2 unspecified atom stereocenters. The number of carbonyl (C=O) groups excluding carboxylic acids is 3. The number of Topliss-reactive ketones (excluding diaryl/α,β-unsaturated/α-hetero) is 1. The quantitative estimate of drug-likeness (QED) is 0.586. The van der Waals surface area contributed by atoms with Gasteiger partial charge in [0.1, 0.15) is 17.1 Å². The van der Waals surface area contributed by atoms with Crippen LogP contribution in [0.4, 0.5) is 5.69 Å². The van der Waals surface area contributed by atoms with E-state index in [0.29, 0.717) is 11.4 Å². The van der Waals surface area contributed by atoms with Crippen LogP contribution >= 0.6 is 0 Å². The highest BCUT2D eigenvalue weighted by Gasteiger charge is 2.38. The first-order valence-corrected chi connectivity index (χ1v) is 10.5. The van der Waals surface area contributed by atoms with E-state index in [2.05, 4.69) is 15.3 Å². The molecule has 3 rings (SSSR count). The average Bonchev–Trinajstić information content (AvgIpc) is 3.26. The van der Waals surface area contributed by atoms with Gasteiger partial charge in [-0.15, -0.1) is 0 Å². The Morgan fingerprint density at radius 1 is 1.21 bits per heavy atom. The summed E-state index contributed by atoms with van der Waals surface area (Å²) in [7, 11) is 1.32. The number of hydrogen-bond donors (Lipinski definition) is 1. The van der Waals surface area contributed by atoms with Crippen LogP contribution in [0.3, 0.4) is 0 Å². The lowest BCUT2D eigenvalue weighted by molar-refractivity contribution is -0.142. The van der Waals surface area contributed by atoms with Crippen molar-refractivity contribution >= 4 is 29.6 Å². The molecule has 1 aliphatic rings. The number of aromatic nitrogens is 2. The first-order chi connectivity index (χ1) is 15.8. The Labute approximate surface area is 191 Å². The highest BCUT2D eigenvalue weighted by Crippen LogP contribution is 2.30. The third kappa shape index (κ3) is 5.49. The molecule has 0 bridgehead atoms. The van der Waals surface area contributed by atoms with Gasteiger partial charge in [0, 0.05) is 25.1 Å². The van der Waals surface area contributed by atoms with Gasteiger partial charge in [0.2, 0.25) is 5.91 Å². The average molecular weight is 450 g/mol. The lowest BCUT2D eigenvalue weighted by Gasteiger charge is -2.26. The number of hydrogen-bond acceptors (Lipinski definition) is 7. The van der Waals surface area contributed by atoms with Crippen molar-refractivity contribution in [3.63, 3.8) is 0 Å². The van der Waals surface area contributed by atoms with Crippen LogP contribution in [0, 0.1) is 5.92 Å². The Hall–Kier alpha value is -3.88.